The van der Waals surface area contributed by atoms with Gasteiger partial charge in [-0.3, -0.25) is 4.57 Å². The van der Waals surface area contributed by atoms with Crippen LogP contribution in [0.15, 0.2) is 54.9 Å². The van der Waals surface area contributed by atoms with Crippen molar-refractivity contribution in [3.63, 3.8) is 0 Å². The molecule has 1 heterocycles. The highest BCUT2D eigenvalue weighted by atomic mass is 19.4. The van der Waals surface area contributed by atoms with E-state index >= 15 is 0 Å². The van der Waals surface area contributed by atoms with Crippen LogP contribution in [0.5, 0.6) is 5.75 Å². The van der Waals surface area contributed by atoms with Gasteiger partial charge >= 0.3 is 6.36 Å². The molecule has 102 valence electrons. The van der Waals surface area contributed by atoms with Crippen LogP contribution in [-0.2, 0) is 0 Å². The SMILES string of the molecule is FC(F)(F)Oc1ccc2c(c1)ncn2-c1ccccc1. The standard InChI is InChI=1S/C14H9F3N2O/c15-14(16,17)20-11-6-7-13-12(8-11)18-9-19(13)10-4-2-1-3-5-10/h1-9H. The Morgan fingerprint density at radius 2 is 1.75 bits per heavy atom. The zero-order valence-electron chi connectivity index (χ0n) is 10.1. The minimum absolute atomic E-state index is 0.275. The number of hydrogen-bond donors (Lipinski definition) is 0. The topological polar surface area (TPSA) is 27.1 Å². The summed E-state index contributed by atoms with van der Waals surface area (Å²) >= 11 is 0. The largest absolute Gasteiger partial charge is 0.573 e. The third-order valence-electron chi connectivity index (χ3n) is 2.79. The van der Waals surface area contributed by atoms with Gasteiger partial charge < -0.3 is 4.74 Å². The van der Waals surface area contributed by atoms with Gasteiger partial charge in [0.2, 0.25) is 0 Å². The van der Waals surface area contributed by atoms with E-state index in [2.05, 4.69) is 9.72 Å². The maximum absolute atomic E-state index is 12.2. The highest BCUT2D eigenvalue weighted by molar-refractivity contribution is 5.78. The van der Waals surface area contributed by atoms with Crippen LogP contribution in [0.1, 0.15) is 0 Å². The lowest BCUT2D eigenvalue weighted by molar-refractivity contribution is -0.274. The summed E-state index contributed by atoms with van der Waals surface area (Å²) in [5, 5.41) is 0. The average Bonchev–Trinajstić information content (AvgIpc) is 2.81. The molecule has 3 aromatic rings. The highest BCUT2D eigenvalue weighted by Gasteiger charge is 2.31. The van der Waals surface area contributed by atoms with Crippen molar-refractivity contribution in [2.75, 3.05) is 0 Å². The predicted molar refractivity (Wildman–Crippen MR) is 67.8 cm³/mol. The summed E-state index contributed by atoms with van der Waals surface area (Å²) in [5.41, 5.74) is 2.04. The van der Waals surface area contributed by atoms with Crippen LogP contribution < -0.4 is 4.74 Å². The summed E-state index contributed by atoms with van der Waals surface area (Å²) in [6.07, 6.45) is -3.13. The van der Waals surface area contributed by atoms with Crippen LogP contribution in [0.4, 0.5) is 13.2 Å². The second-order valence-corrected chi connectivity index (χ2v) is 4.15. The van der Waals surface area contributed by atoms with Gasteiger partial charge in [0.05, 0.1) is 11.0 Å². The lowest BCUT2D eigenvalue weighted by Gasteiger charge is -2.09. The summed E-state index contributed by atoms with van der Waals surface area (Å²) < 4.78 is 42.2. The van der Waals surface area contributed by atoms with E-state index in [4.69, 9.17) is 0 Å². The van der Waals surface area contributed by atoms with E-state index in [1.54, 1.807) is 17.0 Å². The van der Waals surface area contributed by atoms with E-state index < -0.39 is 6.36 Å². The Morgan fingerprint density at radius 3 is 2.45 bits per heavy atom. The number of hydrogen-bond acceptors (Lipinski definition) is 2. The van der Waals surface area contributed by atoms with Crippen molar-refractivity contribution in [2.45, 2.75) is 6.36 Å². The third kappa shape index (κ3) is 2.45. The Balaban J connectivity index is 2.03. The fraction of sp³-hybridized carbons (Fsp3) is 0.0714. The second kappa shape index (κ2) is 4.56. The summed E-state index contributed by atoms with van der Waals surface area (Å²) in [4.78, 5) is 4.10. The number of alkyl halides is 3. The molecule has 0 radical (unpaired) electrons. The first-order valence-corrected chi connectivity index (χ1v) is 5.81. The lowest BCUT2D eigenvalue weighted by Crippen LogP contribution is -2.17. The average molecular weight is 278 g/mol. The molecule has 0 fully saturated rings. The first-order valence-electron chi connectivity index (χ1n) is 5.81. The van der Waals surface area contributed by atoms with Gasteiger partial charge in [-0.15, -0.1) is 13.2 Å². The molecule has 0 aliphatic carbocycles. The molecule has 2 aromatic carbocycles. The number of halogens is 3. The Hall–Kier alpha value is -2.50. The molecule has 0 amide bonds. The van der Waals surface area contributed by atoms with Gasteiger partial charge in [0.25, 0.3) is 0 Å². The maximum Gasteiger partial charge on any atom is 0.573 e. The molecule has 0 atom stereocenters. The Kier molecular flexibility index (Phi) is 2.85. The molecule has 6 heteroatoms. The van der Waals surface area contributed by atoms with Crippen LogP contribution >= 0.6 is 0 Å². The summed E-state index contributed by atoms with van der Waals surface area (Å²) in [6.45, 7) is 0. The number of nitrogens with zero attached hydrogens (tertiary/aromatic N) is 2. The molecule has 0 bridgehead atoms. The van der Waals surface area contributed by atoms with E-state index in [1.807, 2.05) is 30.3 Å². The lowest BCUT2D eigenvalue weighted by atomic mass is 10.2. The molecule has 0 aliphatic heterocycles. The number of aromatic nitrogens is 2. The van der Waals surface area contributed by atoms with E-state index in [9.17, 15) is 13.2 Å². The summed E-state index contributed by atoms with van der Waals surface area (Å²) in [7, 11) is 0. The Bertz CT molecular complexity index is 735. The Morgan fingerprint density at radius 1 is 1.00 bits per heavy atom. The predicted octanol–water partition coefficient (Wildman–Crippen LogP) is 3.92. The molecule has 0 unspecified atom stereocenters. The number of ether oxygens (including phenoxy) is 1. The fourth-order valence-electron chi connectivity index (χ4n) is 1.98. The van der Waals surface area contributed by atoms with E-state index in [0.29, 0.717) is 11.0 Å². The number of benzene rings is 2. The van der Waals surface area contributed by atoms with Gasteiger partial charge in [-0.25, -0.2) is 4.98 Å². The zero-order chi connectivity index (χ0) is 14.2. The van der Waals surface area contributed by atoms with Crippen molar-refractivity contribution in [2.24, 2.45) is 0 Å². The van der Waals surface area contributed by atoms with Crippen LogP contribution in [-0.4, -0.2) is 15.9 Å². The van der Waals surface area contributed by atoms with Crippen molar-refractivity contribution in [3.05, 3.63) is 54.9 Å². The van der Waals surface area contributed by atoms with Crippen LogP contribution in [0.3, 0.4) is 0 Å². The molecule has 1 aromatic heterocycles. The van der Waals surface area contributed by atoms with Gasteiger partial charge in [-0.1, -0.05) is 18.2 Å². The monoisotopic (exact) mass is 278 g/mol. The first kappa shape index (κ1) is 12.5. The van der Waals surface area contributed by atoms with E-state index in [1.165, 1.54) is 12.1 Å². The number of para-hydroxylation sites is 1. The van der Waals surface area contributed by atoms with E-state index in [-0.39, 0.29) is 5.75 Å². The second-order valence-electron chi connectivity index (χ2n) is 4.15. The van der Waals surface area contributed by atoms with Crippen molar-refractivity contribution >= 4 is 11.0 Å². The van der Waals surface area contributed by atoms with Crippen molar-refractivity contribution in [1.82, 2.24) is 9.55 Å². The Labute approximate surface area is 112 Å². The van der Waals surface area contributed by atoms with Crippen molar-refractivity contribution in [1.29, 1.82) is 0 Å². The molecular formula is C14H9F3N2O. The quantitative estimate of drug-likeness (QED) is 0.710. The molecular weight excluding hydrogens is 269 g/mol. The first-order chi connectivity index (χ1) is 9.53. The minimum atomic E-state index is -4.70. The molecule has 20 heavy (non-hydrogen) atoms. The third-order valence-corrected chi connectivity index (χ3v) is 2.79. The molecule has 0 N–H and O–H groups in total. The van der Waals surface area contributed by atoms with Crippen molar-refractivity contribution in [3.8, 4) is 11.4 Å². The van der Waals surface area contributed by atoms with Gasteiger partial charge in [-0.05, 0) is 24.3 Å². The van der Waals surface area contributed by atoms with E-state index in [0.717, 1.165) is 5.69 Å². The maximum atomic E-state index is 12.2. The fourth-order valence-corrected chi connectivity index (χ4v) is 1.98. The van der Waals surface area contributed by atoms with Crippen LogP contribution in [0, 0.1) is 0 Å². The summed E-state index contributed by atoms with van der Waals surface area (Å²) in [5.74, 6) is -0.275. The minimum Gasteiger partial charge on any atom is -0.406 e. The molecule has 0 saturated carbocycles. The number of rotatable bonds is 2. The molecule has 0 aliphatic rings. The molecule has 0 spiro atoms. The van der Waals surface area contributed by atoms with Gasteiger partial charge in [0.15, 0.2) is 0 Å². The normalized spacial score (nSPS) is 11.8. The van der Waals surface area contributed by atoms with Crippen LogP contribution in [0.25, 0.3) is 16.7 Å². The zero-order valence-corrected chi connectivity index (χ0v) is 10.1. The highest BCUT2D eigenvalue weighted by Crippen LogP contribution is 2.27. The summed E-state index contributed by atoms with van der Waals surface area (Å²) in [6, 6.07) is 13.5. The van der Waals surface area contributed by atoms with Crippen molar-refractivity contribution < 1.29 is 17.9 Å². The number of fused-ring (bicyclic) bond motifs is 1. The molecule has 3 rings (SSSR count). The smallest absolute Gasteiger partial charge is 0.406 e. The molecule has 0 saturated heterocycles. The number of imidazole rings is 1. The van der Waals surface area contributed by atoms with Crippen LogP contribution in [0.2, 0.25) is 0 Å². The van der Waals surface area contributed by atoms with Gasteiger partial charge in [0.1, 0.15) is 12.1 Å². The van der Waals surface area contributed by atoms with Gasteiger partial charge in [-0.2, -0.15) is 0 Å². The molecule has 3 nitrogen and oxygen atoms in total. The van der Waals surface area contributed by atoms with Gasteiger partial charge in [0, 0.05) is 11.8 Å².